The summed E-state index contributed by atoms with van der Waals surface area (Å²) in [5, 5.41) is 7.77. The maximum atomic E-state index is 2.40. The minimum atomic E-state index is 1.11. The Balaban J connectivity index is 1.04. The van der Waals surface area contributed by atoms with Crippen LogP contribution in [0.4, 0.5) is 17.1 Å². The van der Waals surface area contributed by atoms with E-state index in [0.717, 1.165) is 17.1 Å². The maximum absolute atomic E-state index is 2.40. The summed E-state index contributed by atoms with van der Waals surface area (Å²) in [5.41, 5.74) is 10.6. The molecule has 11 aromatic rings. The lowest BCUT2D eigenvalue weighted by Gasteiger charge is -2.27. The highest BCUT2D eigenvalue weighted by molar-refractivity contribution is 7.26. The van der Waals surface area contributed by atoms with Crippen molar-refractivity contribution in [2.75, 3.05) is 4.90 Å². The number of anilines is 3. The molecule has 0 aliphatic carbocycles. The first kappa shape index (κ1) is 32.0. The Morgan fingerprint density at radius 3 is 1.60 bits per heavy atom. The molecular formula is C52H33NS2. The molecule has 1 nitrogen and oxygen atoms in total. The summed E-state index contributed by atoms with van der Waals surface area (Å²) < 4.78 is 5.30. The first-order chi connectivity index (χ1) is 27.2. The molecule has 0 bridgehead atoms. The van der Waals surface area contributed by atoms with Crippen LogP contribution >= 0.6 is 22.7 Å². The van der Waals surface area contributed by atoms with E-state index >= 15 is 0 Å². The van der Waals surface area contributed by atoms with Crippen LogP contribution in [0, 0.1) is 0 Å². The van der Waals surface area contributed by atoms with Gasteiger partial charge in [0.05, 0.1) is 0 Å². The van der Waals surface area contributed by atoms with Crippen molar-refractivity contribution < 1.29 is 0 Å². The normalized spacial score (nSPS) is 11.6. The van der Waals surface area contributed by atoms with Gasteiger partial charge in [0.15, 0.2) is 0 Å². The third-order valence-corrected chi connectivity index (χ3v) is 13.2. The van der Waals surface area contributed by atoms with Crippen molar-refractivity contribution in [2.45, 2.75) is 0 Å². The lowest BCUT2D eigenvalue weighted by molar-refractivity contribution is 1.28. The van der Waals surface area contributed by atoms with Crippen LogP contribution in [-0.2, 0) is 0 Å². The fourth-order valence-electron chi connectivity index (χ4n) is 8.14. The van der Waals surface area contributed by atoms with Gasteiger partial charge < -0.3 is 4.90 Å². The summed E-state index contributed by atoms with van der Waals surface area (Å²) in [6.07, 6.45) is 0. The molecule has 0 radical (unpaired) electrons. The molecule has 0 saturated heterocycles. The lowest BCUT2D eigenvalue weighted by atomic mass is 9.99. The highest BCUT2D eigenvalue weighted by atomic mass is 32.1. The predicted molar refractivity (Wildman–Crippen MR) is 241 cm³/mol. The molecule has 9 aromatic carbocycles. The van der Waals surface area contributed by atoms with Crippen molar-refractivity contribution in [2.24, 2.45) is 0 Å². The van der Waals surface area contributed by atoms with Gasteiger partial charge in [-0.05, 0) is 111 Å². The number of nitrogens with zero attached hydrogens (tertiary/aromatic N) is 1. The van der Waals surface area contributed by atoms with Crippen molar-refractivity contribution in [1.29, 1.82) is 0 Å². The second-order valence-electron chi connectivity index (χ2n) is 14.1. The predicted octanol–water partition coefficient (Wildman–Crippen LogP) is 16.0. The zero-order valence-electron chi connectivity index (χ0n) is 29.8. The molecule has 2 aromatic heterocycles. The van der Waals surface area contributed by atoms with Crippen molar-refractivity contribution in [3.63, 3.8) is 0 Å². The third kappa shape index (κ3) is 5.60. The molecule has 0 saturated carbocycles. The largest absolute Gasteiger partial charge is 0.310 e. The molecular weight excluding hydrogens is 703 g/mol. The van der Waals surface area contributed by atoms with Crippen molar-refractivity contribution in [3.05, 3.63) is 200 Å². The Labute approximate surface area is 327 Å². The van der Waals surface area contributed by atoms with Crippen LogP contribution in [-0.4, -0.2) is 0 Å². The molecule has 0 aliphatic heterocycles. The van der Waals surface area contributed by atoms with Crippen LogP contribution < -0.4 is 4.90 Å². The average molecular weight is 736 g/mol. The van der Waals surface area contributed by atoms with E-state index < -0.39 is 0 Å². The van der Waals surface area contributed by atoms with Gasteiger partial charge in [-0.3, -0.25) is 0 Å². The fraction of sp³-hybridized carbons (Fsp3) is 0. The van der Waals surface area contributed by atoms with Crippen molar-refractivity contribution in [1.82, 2.24) is 0 Å². The summed E-state index contributed by atoms with van der Waals surface area (Å²) >= 11 is 3.74. The van der Waals surface area contributed by atoms with E-state index in [4.69, 9.17) is 0 Å². The van der Waals surface area contributed by atoms with Gasteiger partial charge in [0.2, 0.25) is 0 Å². The van der Waals surface area contributed by atoms with Crippen LogP contribution in [0.1, 0.15) is 0 Å². The monoisotopic (exact) mass is 735 g/mol. The zero-order chi connectivity index (χ0) is 36.3. The topological polar surface area (TPSA) is 3.24 Å². The molecule has 0 unspecified atom stereocenters. The third-order valence-electron chi connectivity index (χ3n) is 10.8. The summed E-state index contributed by atoms with van der Waals surface area (Å²) in [6, 6.07) is 73.5. The quantitative estimate of drug-likeness (QED) is 0.164. The van der Waals surface area contributed by atoms with E-state index in [0.29, 0.717) is 0 Å². The minimum Gasteiger partial charge on any atom is -0.310 e. The molecule has 0 atom stereocenters. The fourth-order valence-corrected chi connectivity index (χ4v) is 10.5. The Bertz CT molecular complexity index is 3220. The molecule has 0 amide bonds. The number of fused-ring (bicyclic) bond motifs is 7. The SMILES string of the molecule is c1cc(-c2ccc3ccccc3c2)cc(N(c2ccc(-c3cccc4c3sc3ccccc34)cc2)c2cccc(-c3ccc4sc5ccccc5c4c3)c2)c1. The van der Waals surface area contributed by atoms with Gasteiger partial charge in [-0.15, -0.1) is 22.7 Å². The Morgan fingerprint density at radius 1 is 0.291 bits per heavy atom. The summed E-state index contributed by atoms with van der Waals surface area (Å²) in [7, 11) is 0. The van der Waals surface area contributed by atoms with E-state index in [9.17, 15) is 0 Å². The van der Waals surface area contributed by atoms with Gasteiger partial charge in [0.25, 0.3) is 0 Å². The van der Waals surface area contributed by atoms with E-state index in [1.165, 1.54) is 84.5 Å². The van der Waals surface area contributed by atoms with Gasteiger partial charge in [0, 0.05) is 57.4 Å². The highest BCUT2D eigenvalue weighted by Gasteiger charge is 2.17. The van der Waals surface area contributed by atoms with Crippen LogP contribution in [0.15, 0.2) is 200 Å². The first-order valence-corrected chi connectivity index (χ1v) is 20.3. The number of hydrogen-bond donors (Lipinski definition) is 0. The summed E-state index contributed by atoms with van der Waals surface area (Å²) in [6.45, 7) is 0. The zero-order valence-corrected chi connectivity index (χ0v) is 31.4. The van der Waals surface area contributed by atoms with Gasteiger partial charge in [-0.1, -0.05) is 133 Å². The van der Waals surface area contributed by atoms with E-state index in [1.54, 1.807) is 0 Å². The van der Waals surface area contributed by atoms with E-state index in [1.807, 2.05) is 22.7 Å². The first-order valence-electron chi connectivity index (χ1n) is 18.7. The molecule has 55 heavy (non-hydrogen) atoms. The van der Waals surface area contributed by atoms with Gasteiger partial charge >= 0.3 is 0 Å². The Hall–Kier alpha value is -6.52. The summed E-state index contributed by atoms with van der Waals surface area (Å²) in [4.78, 5) is 2.40. The number of rotatable bonds is 6. The molecule has 0 spiro atoms. The van der Waals surface area contributed by atoms with E-state index in [-0.39, 0.29) is 0 Å². The van der Waals surface area contributed by atoms with E-state index in [2.05, 4.69) is 205 Å². The molecule has 2 heterocycles. The molecule has 258 valence electrons. The Kier molecular flexibility index (Phi) is 7.61. The molecule has 0 aliphatic rings. The maximum Gasteiger partial charge on any atom is 0.0467 e. The van der Waals surface area contributed by atoms with Crippen LogP contribution in [0.2, 0.25) is 0 Å². The Morgan fingerprint density at radius 2 is 0.836 bits per heavy atom. The lowest BCUT2D eigenvalue weighted by Crippen LogP contribution is -2.10. The highest BCUT2D eigenvalue weighted by Crippen LogP contribution is 2.43. The second-order valence-corrected chi connectivity index (χ2v) is 16.3. The smallest absolute Gasteiger partial charge is 0.0467 e. The number of thiophene rings is 2. The molecule has 0 N–H and O–H groups in total. The summed E-state index contributed by atoms with van der Waals surface area (Å²) in [5.74, 6) is 0. The average Bonchev–Trinajstić information content (AvgIpc) is 3.82. The standard InChI is InChI=1S/C52H33NS2/c1-2-11-36-30-39(23-22-34(36)10-1)37-12-7-14-42(31-37)53(41-27-24-35(25-28-41)44-18-9-19-47-45-16-3-6-21-50(45)55-52(44)47)43-15-8-13-38(32-43)40-26-29-51-48(33-40)46-17-4-5-20-49(46)54-51/h1-33H. The molecule has 0 fully saturated rings. The van der Waals surface area contributed by atoms with Gasteiger partial charge in [-0.2, -0.15) is 0 Å². The number of hydrogen-bond acceptors (Lipinski definition) is 3. The van der Waals surface area contributed by atoms with Crippen LogP contribution in [0.3, 0.4) is 0 Å². The van der Waals surface area contributed by atoms with Gasteiger partial charge in [-0.25, -0.2) is 0 Å². The molecule has 3 heteroatoms. The van der Waals surface area contributed by atoms with Crippen LogP contribution in [0.5, 0.6) is 0 Å². The van der Waals surface area contributed by atoms with Crippen LogP contribution in [0.25, 0.3) is 84.5 Å². The second kappa shape index (κ2) is 13.1. The minimum absolute atomic E-state index is 1.11. The number of benzene rings is 9. The van der Waals surface area contributed by atoms with Crippen molar-refractivity contribution in [3.8, 4) is 33.4 Å². The molecule has 11 rings (SSSR count). The van der Waals surface area contributed by atoms with Gasteiger partial charge in [0.1, 0.15) is 0 Å². The van der Waals surface area contributed by atoms with Crippen molar-refractivity contribution >= 4 is 90.9 Å².